The number of benzene rings is 1. The van der Waals surface area contributed by atoms with Crippen molar-refractivity contribution in [3.8, 4) is 5.75 Å². The molecule has 99 valence electrons. The third-order valence-corrected chi connectivity index (χ3v) is 3.09. The molecule has 18 heavy (non-hydrogen) atoms. The highest BCUT2D eigenvalue weighted by molar-refractivity contribution is 6.49. The summed E-state index contributed by atoms with van der Waals surface area (Å²) in [5, 5.41) is 9.29. The molecule has 1 aromatic carbocycles. The predicted octanol–water partition coefficient (Wildman–Crippen LogP) is 2.89. The minimum Gasteiger partial charge on any atom is -0.541 e. The minimum absolute atomic E-state index is 0.259. The fraction of sp³-hybridized carbons (Fsp3) is 0.462. The van der Waals surface area contributed by atoms with E-state index in [0.29, 0.717) is 17.0 Å². The number of carbonyl (C=O) groups is 1. The van der Waals surface area contributed by atoms with Crippen molar-refractivity contribution in [1.29, 1.82) is 0 Å². The molecule has 0 unspecified atom stereocenters. The summed E-state index contributed by atoms with van der Waals surface area (Å²) in [4.78, 5) is 11.3. The summed E-state index contributed by atoms with van der Waals surface area (Å²) in [5.74, 6) is -0.424. The number of rotatable bonds is 3. The van der Waals surface area contributed by atoms with E-state index < -0.39 is 15.0 Å². The molecule has 0 spiro atoms. The van der Waals surface area contributed by atoms with Crippen molar-refractivity contribution < 1.29 is 14.3 Å². The Morgan fingerprint density at radius 3 is 2.28 bits per heavy atom. The van der Waals surface area contributed by atoms with Gasteiger partial charge in [-0.15, -0.1) is 0 Å². The van der Waals surface area contributed by atoms with Crippen LogP contribution in [0.1, 0.15) is 36.7 Å². The first-order valence-electron chi connectivity index (χ1n) is 5.79. The van der Waals surface area contributed by atoms with Crippen molar-refractivity contribution in [2.24, 2.45) is 0 Å². The summed E-state index contributed by atoms with van der Waals surface area (Å²) in [6.07, 6.45) is 0. The largest absolute Gasteiger partial charge is 0.541 e. The Kier molecular flexibility index (Phi) is 4.06. The standard InChI is InChI=1S/C13H20NO3Si/c1-13(2,3)10-8(12(15)16)6-7-9(14)11(10)17-18(4)5/h6-7H,14H2,1-5H3,(H,15,16). The van der Waals surface area contributed by atoms with Gasteiger partial charge < -0.3 is 15.3 Å². The Labute approximate surface area is 109 Å². The van der Waals surface area contributed by atoms with Gasteiger partial charge in [0.2, 0.25) is 0 Å². The van der Waals surface area contributed by atoms with Crippen molar-refractivity contribution in [2.45, 2.75) is 39.3 Å². The van der Waals surface area contributed by atoms with Crippen LogP contribution in [0.15, 0.2) is 12.1 Å². The summed E-state index contributed by atoms with van der Waals surface area (Å²) < 4.78 is 5.81. The van der Waals surface area contributed by atoms with Gasteiger partial charge >= 0.3 is 5.97 Å². The van der Waals surface area contributed by atoms with Gasteiger partial charge in [0.1, 0.15) is 5.75 Å². The van der Waals surface area contributed by atoms with Crippen LogP contribution in [0.5, 0.6) is 5.75 Å². The molecule has 1 rings (SSSR count). The van der Waals surface area contributed by atoms with Crippen LogP contribution in [0.3, 0.4) is 0 Å². The first-order chi connectivity index (χ1) is 8.14. The van der Waals surface area contributed by atoms with E-state index in [9.17, 15) is 9.90 Å². The monoisotopic (exact) mass is 266 g/mol. The van der Waals surface area contributed by atoms with Crippen LogP contribution in [0.4, 0.5) is 5.69 Å². The molecule has 0 atom stereocenters. The van der Waals surface area contributed by atoms with E-state index in [1.54, 1.807) is 12.1 Å². The Bertz CT molecular complexity index is 464. The van der Waals surface area contributed by atoms with Gasteiger partial charge in [-0.25, -0.2) is 4.79 Å². The van der Waals surface area contributed by atoms with E-state index >= 15 is 0 Å². The number of carboxylic acids is 1. The highest BCUT2D eigenvalue weighted by atomic mass is 28.3. The normalized spacial score (nSPS) is 11.7. The molecule has 0 aliphatic heterocycles. The van der Waals surface area contributed by atoms with Crippen LogP contribution < -0.4 is 10.2 Å². The van der Waals surface area contributed by atoms with Gasteiger partial charge in [0.25, 0.3) is 9.04 Å². The fourth-order valence-electron chi connectivity index (χ4n) is 1.84. The maximum Gasteiger partial charge on any atom is 0.336 e. The van der Waals surface area contributed by atoms with Gasteiger partial charge in [0.15, 0.2) is 0 Å². The minimum atomic E-state index is -1.01. The summed E-state index contributed by atoms with van der Waals surface area (Å²) in [5.41, 5.74) is 7.02. The van der Waals surface area contributed by atoms with Crippen molar-refractivity contribution in [1.82, 2.24) is 0 Å². The Morgan fingerprint density at radius 1 is 1.33 bits per heavy atom. The van der Waals surface area contributed by atoms with Crippen molar-refractivity contribution in [3.05, 3.63) is 23.3 Å². The second kappa shape index (κ2) is 5.02. The van der Waals surface area contributed by atoms with Crippen molar-refractivity contribution in [3.63, 3.8) is 0 Å². The van der Waals surface area contributed by atoms with E-state index in [0.717, 1.165) is 0 Å². The van der Waals surface area contributed by atoms with Crippen LogP contribution in [0.25, 0.3) is 0 Å². The molecule has 4 nitrogen and oxygen atoms in total. The van der Waals surface area contributed by atoms with Gasteiger partial charge in [0.05, 0.1) is 11.3 Å². The molecule has 0 heterocycles. The van der Waals surface area contributed by atoms with E-state index in [-0.39, 0.29) is 11.0 Å². The molecule has 0 saturated carbocycles. The quantitative estimate of drug-likeness (QED) is 0.651. The molecule has 3 N–H and O–H groups in total. The number of nitrogens with two attached hydrogens (primary N) is 1. The Morgan fingerprint density at radius 2 is 1.89 bits per heavy atom. The first-order valence-corrected chi connectivity index (χ1v) is 8.19. The van der Waals surface area contributed by atoms with Gasteiger partial charge in [-0.3, -0.25) is 0 Å². The third-order valence-electron chi connectivity index (χ3n) is 2.47. The van der Waals surface area contributed by atoms with E-state index in [2.05, 4.69) is 0 Å². The zero-order valence-corrected chi connectivity index (χ0v) is 12.5. The fourth-order valence-corrected chi connectivity index (χ4v) is 2.46. The number of carboxylic acid groups (broad SMARTS) is 1. The summed E-state index contributed by atoms with van der Waals surface area (Å²) >= 11 is 0. The van der Waals surface area contributed by atoms with Gasteiger partial charge in [-0.05, 0) is 30.6 Å². The number of nitrogen functional groups attached to an aromatic ring is 1. The molecular formula is C13H20NO3Si. The lowest BCUT2D eigenvalue weighted by molar-refractivity contribution is 0.0693. The van der Waals surface area contributed by atoms with Crippen molar-refractivity contribution >= 4 is 20.7 Å². The topological polar surface area (TPSA) is 72.5 Å². The molecular weight excluding hydrogens is 246 g/mol. The summed E-state index contributed by atoms with van der Waals surface area (Å²) in [6.45, 7) is 9.85. The lowest BCUT2D eigenvalue weighted by atomic mass is 9.82. The second-order valence-electron chi connectivity index (χ2n) is 5.47. The highest BCUT2D eigenvalue weighted by Gasteiger charge is 2.28. The van der Waals surface area contributed by atoms with Crippen molar-refractivity contribution in [2.75, 3.05) is 5.73 Å². The summed E-state index contributed by atoms with van der Waals surface area (Å²) in [6, 6.07) is 3.14. The number of aromatic carboxylic acids is 1. The van der Waals surface area contributed by atoms with Crippen LogP contribution in [0.2, 0.25) is 13.1 Å². The van der Waals surface area contributed by atoms with Gasteiger partial charge in [0, 0.05) is 5.56 Å². The number of hydrogen-bond donors (Lipinski definition) is 2. The van der Waals surface area contributed by atoms with E-state index in [4.69, 9.17) is 10.2 Å². The third kappa shape index (κ3) is 3.04. The van der Waals surface area contributed by atoms with Gasteiger partial charge in [-0.1, -0.05) is 20.8 Å². The lowest BCUT2D eigenvalue weighted by Gasteiger charge is -2.27. The molecule has 0 aliphatic carbocycles. The number of anilines is 1. The molecule has 0 aromatic heterocycles. The highest BCUT2D eigenvalue weighted by Crippen LogP contribution is 2.38. The average molecular weight is 266 g/mol. The second-order valence-corrected chi connectivity index (χ2v) is 7.49. The molecule has 0 fully saturated rings. The molecule has 0 aliphatic rings. The SMILES string of the molecule is C[Si](C)Oc1c(N)ccc(C(=O)O)c1C(C)(C)C. The van der Waals surface area contributed by atoms with Crippen LogP contribution in [-0.2, 0) is 5.41 Å². The molecule has 0 amide bonds. The molecule has 0 saturated heterocycles. The average Bonchev–Trinajstić information content (AvgIpc) is 2.17. The Hall–Kier alpha value is -1.49. The maximum absolute atomic E-state index is 11.3. The zero-order valence-electron chi connectivity index (χ0n) is 11.5. The first kappa shape index (κ1) is 14.6. The number of hydrogen-bond acceptors (Lipinski definition) is 3. The maximum atomic E-state index is 11.3. The van der Waals surface area contributed by atoms with Crippen LogP contribution >= 0.6 is 0 Å². The predicted molar refractivity (Wildman–Crippen MR) is 74.6 cm³/mol. The Balaban J connectivity index is 3.56. The van der Waals surface area contributed by atoms with Crippen LogP contribution in [0, 0.1) is 0 Å². The smallest absolute Gasteiger partial charge is 0.336 e. The molecule has 0 bridgehead atoms. The molecule has 1 aromatic rings. The lowest BCUT2D eigenvalue weighted by Crippen LogP contribution is -2.22. The van der Waals surface area contributed by atoms with E-state index in [1.807, 2.05) is 33.9 Å². The van der Waals surface area contributed by atoms with Gasteiger partial charge in [-0.2, -0.15) is 0 Å². The van der Waals surface area contributed by atoms with Crippen LogP contribution in [-0.4, -0.2) is 20.1 Å². The zero-order chi connectivity index (χ0) is 14.1. The molecule has 1 radical (unpaired) electrons. The molecule has 5 heteroatoms. The van der Waals surface area contributed by atoms with E-state index in [1.165, 1.54) is 0 Å². The summed E-state index contributed by atoms with van der Waals surface area (Å²) in [7, 11) is -1.01.